The fourth-order valence-corrected chi connectivity index (χ4v) is 19.5. The largest absolute Gasteiger partial charge is 0.347 e. The Balaban J connectivity index is 0.000000121. The highest BCUT2D eigenvalue weighted by Crippen LogP contribution is 2.64. The predicted octanol–water partition coefficient (Wildman–Crippen LogP) is 15.2. The maximum absolute atomic E-state index is 13.5. The van der Waals surface area contributed by atoms with Crippen molar-refractivity contribution in [3.05, 3.63) is 140 Å². The van der Waals surface area contributed by atoms with Crippen molar-refractivity contribution in [2.45, 2.75) is 222 Å². The van der Waals surface area contributed by atoms with E-state index in [1.54, 1.807) is 12.1 Å². The monoisotopic (exact) mass is 1200 g/mol. The number of hydrogen-bond donors (Lipinski definition) is 3. The summed E-state index contributed by atoms with van der Waals surface area (Å²) in [4.78, 5) is 40.4. The van der Waals surface area contributed by atoms with Crippen LogP contribution in [0, 0.1) is 63.0 Å². The third kappa shape index (κ3) is 10.4. The maximum atomic E-state index is 13.5. The summed E-state index contributed by atoms with van der Waals surface area (Å²) >= 11 is 6.07. The topological polar surface area (TPSA) is 141 Å². The minimum absolute atomic E-state index is 0.00251. The predicted molar refractivity (Wildman–Crippen MR) is 342 cm³/mol. The number of carbonyl (C=O) groups excluding carboxylic acids is 3. The molecule has 6 aromatic rings. The van der Waals surface area contributed by atoms with Crippen LogP contribution in [0.3, 0.4) is 0 Å². The molecule has 9 atom stereocenters. The molecular formula is C73H93ClFN9O3. The number of rotatable bonds is 9. The zero-order valence-electron chi connectivity index (χ0n) is 53.4. The number of nitrogens with one attached hydrogen (secondary N) is 3. The summed E-state index contributed by atoms with van der Waals surface area (Å²) in [6, 6.07) is 23.2. The number of aromatic nitrogens is 6. The molecule has 6 saturated carbocycles. The molecule has 9 aliphatic carbocycles. The van der Waals surface area contributed by atoms with Crippen LogP contribution in [0.2, 0.25) is 5.02 Å². The van der Waals surface area contributed by atoms with E-state index in [4.69, 9.17) is 26.9 Å². The molecule has 0 radical (unpaired) electrons. The van der Waals surface area contributed by atoms with Gasteiger partial charge in [-0.2, -0.15) is 15.3 Å². The Bertz CT molecular complexity index is 3240. The molecule has 462 valence electrons. The summed E-state index contributed by atoms with van der Waals surface area (Å²) in [5.41, 5.74) is 13.8. The molecule has 12 nitrogen and oxygen atoms in total. The number of aryl methyl sites for hydroxylation is 1. The van der Waals surface area contributed by atoms with E-state index < -0.39 is 0 Å². The summed E-state index contributed by atoms with van der Waals surface area (Å²) in [5, 5.41) is 25.5. The second-order valence-electron chi connectivity index (χ2n) is 30.9. The van der Waals surface area contributed by atoms with Crippen LogP contribution < -0.4 is 16.0 Å². The van der Waals surface area contributed by atoms with Gasteiger partial charge in [0.15, 0.2) is 17.1 Å². The lowest BCUT2D eigenvalue weighted by Crippen LogP contribution is -2.52. The van der Waals surface area contributed by atoms with Gasteiger partial charge in [-0.05, 0) is 253 Å². The second kappa shape index (κ2) is 22.1. The number of benzene rings is 3. The van der Waals surface area contributed by atoms with Crippen molar-refractivity contribution in [1.82, 2.24) is 45.3 Å². The van der Waals surface area contributed by atoms with E-state index in [-0.39, 0.29) is 74.2 Å². The first-order valence-corrected chi connectivity index (χ1v) is 33.6. The average molecular weight is 1200 g/mol. The van der Waals surface area contributed by atoms with Crippen LogP contribution in [0.15, 0.2) is 72.8 Å². The van der Waals surface area contributed by atoms with Crippen molar-refractivity contribution in [3.63, 3.8) is 0 Å². The molecule has 3 amide bonds. The molecule has 0 aliphatic heterocycles. The van der Waals surface area contributed by atoms with E-state index in [0.29, 0.717) is 33.9 Å². The van der Waals surface area contributed by atoms with E-state index >= 15 is 0 Å². The van der Waals surface area contributed by atoms with Gasteiger partial charge < -0.3 is 16.0 Å². The Kier molecular flexibility index (Phi) is 15.2. The lowest BCUT2D eigenvalue weighted by molar-refractivity contribution is 0.0728. The van der Waals surface area contributed by atoms with Gasteiger partial charge >= 0.3 is 0 Å². The maximum Gasteiger partial charge on any atom is 0.272 e. The van der Waals surface area contributed by atoms with E-state index in [1.807, 2.05) is 38.3 Å². The Labute approximate surface area is 520 Å². The number of amides is 3. The van der Waals surface area contributed by atoms with Crippen molar-refractivity contribution >= 4 is 29.3 Å². The van der Waals surface area contributed by atoms with E-state index in [1.165, 1.54) is 98.9 Å². The highest BCUT2D eigenvalue weighted by atomic mass is 35.5. The van der Waals surface area contributed by atoms with Gasteiger partial charge in [0, 0.05) is 56.9 Å². The van der Waals surface area contributed by atoms with Gasteiger partial charge in [0.2, 0.25) is 0 Å². The summed E-state index contributed by atoms with van der Waals surface area (Å²) in [6.45, 7) is 23.1. The standard InChI is InChI=1S/C25H33N3O.C24H30ClN3O.C24H30FN3O/c1-16-9-11-18(12-10-16)28-20-8-6-5-7-19(20)21(27-28)22(29)26-23-24(2,3)17-13-14-25(23,4)15-17;2*1-23(2)15-12-13-24(3,14-15)22(23)26-21(29)20-18-6-4-5-7-19(18)28(27-20)17-10-8-16(25)9-11-17/h9-12,17,23H,5-8,13-15H2,1-4H3,(H,26,29);2*8-11,15,22H,4-7,12-14H2,1-3H3,(H,26,29). The molecule has 14 heteroatoms. The normalized spacial score (nSPS) is 29.7. The van der Waals surface area contributed by atoms with Crippen molar-refractivity contribution in [2.75, 3.05) is 0 Å². The zero-order chi connectivity index (χ0) is 61.2. The molecule has 9 unspecified atom stereocenters. The number of nitrogens with zero attached hydrogens (tertiary/aromatic N) is 6. The SMILES string of the molecule is CC12CCC(C1)C(C)(C)C2NC(=O)c1nn(-c2ccc(Cl)cc2)c2c1CCCC2.CC12CCC(C1)C(C)(C)C2NC(=O)c1nn(-c2ccc(F)cc2)c2c1CCCC2.Cc1ccc(-n2nc(C(=O)NC3C4(C)CCC(C4)C3(C)C)c3c2CCCC3)cc1. The molecule has 6 fully saturated rings. The number of carbonyl (C=O) groups is 3. The molecule has 3 heterocycles. The van der Waals surface area contributed by atoms with Crippen LogP contribution in [-0.4, -0.2) is 65.2 Å². The number of fused-ring (bicyclic) bond motifs is 9. The van der Waals surface area contributed by atoms with E-state index in [2.05, 4.69) is 109 Å². The van der Waals surface area contributed by atoms with Gasteiger partial charge in [-0.3, -0.25) is 14.4 Å². The molecule has 0 spiro atoms. The molecule has 15 rings (SSSR count). The third-order valence-electron chi connectivity index (χ3n) is 24.2. The van der Waals surface area contributed by atoms with E-state index in [0.717, 1.165) is 110 Å². The molecule has 87 heavy (non-hydrogen) atoms. The quantitative estimate of drug-likeness (QED) is 0.132. The molecule has 3 N–H and O–H groups in total. The summed E-state index contributed by atoms with van der Waals surface area (Å²) in [7, 11) is 0. The molecule has 6 bridgehead atoms. The first-order chi connectivity index (χ1) is 41.4. The minimum atomic E-state index is -0.264. The Morgan fingerprint density at radius 1 is 0.448 bits per heavy atom. The average Bonchev–Trinajstić information content (AvgIpc) is 1.77. The van der Waals surface area contributed by atoms with Crippen molar-refractivity contribution < 1.29 is 18.8 Å². The third-order valence-corrected chi connectivity index (χ3v) is 24.5. The van der Waals surface area contributed by atoms with Crippen molar-refractivity contribution in [3.8, 4) is 17.1 Å². The summed E-state index contributed by atoms with van der Waals surface area (Å²) < 4.78 is 19.2. The minimum Gasteiger partial charge on any atom is -0.347 e. The Morgan fingerprint density at radius 2 is 0.736 bits per heavy atom. The highest BCUT2D eigenvalue weighted by Gasteiger charge is 2.62. The van der Waals surface area contributed by atoms with Crippen LogP contribution in [-0.2, 0) is 38.5 Å². The van der Waals surface area contributed by atoms with Crippen LogP contribution >= 0.6 is 11.6 Å². The van der Waals surface area contributed by atoms with Crippen molar-refractivity contribution in [1.29, 1.82) is 0 Å². The second-order valence-corrected chi connectivity index (χ2v) is 31.4. The van der Waals surface area contributed by atoms with Gasteiger partial charge in [0.25, 0.3) is 17.7 Å². The first kappa shape index (κ1) is 59.9. The van der Waals surface area contributed by atoms with Crippen LogP contribution in [0.4, 0.5) is 4.39 Å². The fraction of sp³-hybridized carbons (Fsp3) is 0.589. The lowest BCUT2D eigenvalue weighted by Gasteiger charge is -2.43. The Morgan fingerprint density at radius 3 is 1.03 bits per heavy atom. The summed E-state index contributed by atoms with van der Waals surface area (Å²) in [6.07, 6.45) is 23.5. The van der Waals surface area contributed by atoms with Crippen LogP contribution in [0.5, 0.6) is 0 Å². The lowest BCUT2D eigenvalue weighted by atomic mass is 9.68. The number of halogens is 2. The van der Waals surface area contributed by atoms with Crippen molar-refractivity contribution in [2.24, 2.45) is 50.2 Å². The molecule has 9 aliphatic rings. The van der Waals surface area contributed by atoms with Gasteiger partial charge in [0.1, 0.15) is 5.82 Å². The van der Waals surface area contributed by atoms with E-state index in [9.17, 15) is 18.8 Å². The smallest absolute Gasteiger partial charge is 0.272 e. The van der Waals surface area contributed by atoms with Gasteiger partial charge in [-0.25, -0.2) is 18.4 Å². The van der Waals surface area contributed by atoms with Gasteiger partial charge in [-0.1, -0.05) is 91.6 Å². The highest BCUT2D eigenvalue weighted by molar-refractivity contribution is 6.30. The summed E-state index contributed by atoms with van der Waals surface area (Å²) in [5.74, 6) is 1.83. The molecule has 3 aromatic carbocycles. The van der Waals surface area contributed by atoms with Gasteiger partial charge in [0.05, 0.1) is 17.1 Å². The fourth-order valence-electron chi connectivity index (χ4n) is 19.4. The van der Waals surface area contributed by atoms with Crippen LogP contribution in [0.1, 0.15) is 229 Å². The zero-order valence-corrected chi connectivity index (χ0v) is 54.2. The molecule has 0 saturated heterocycles. The Hall–Kier alpha value is -6.08. The van der Waals surface area contributed by atoms with Gasteiger partial charge in [-0.15, -0.1) is 0 Å². The first-order valence-electron chi connectivity index (χ1n) is 33.2. The molecular weight excluding hydrogens is 1110 g/mol. The molecule has 3 aromatic heterocycles. The van der Waals surface area contributed by atoms with Crippen LogP contribution in [0.25, 0.3) is 17.1 Å². The number of hydrogen-bond acceptors (Lipinski definition) is 6.